The van der Waals surface area contributed by atoms with E-state index in [0.717, 1.165) is 0 Å². The Morgan fingerprint density at radius 3 is 3.19 bits per heavy atom. The van der Waals surface area contributed by atoms with E-state index in [2.05, 4.69) is 15.0 Å². The van der Waals surface area contributed by atoms with Crippen LogP contribution in [-0.4, -0.2) is 38.0 Å². The van der Waals surface area contributed by atoms with Gasteiger partial charge in [0.05, 0.1) is 0 Å². The molecule has 0 aliphatic carbocycles. The summed E-state index contributed by atoms with van der Waals surface area (Å²) in [7, 11) is 0. The van der Waals surface area contributed by atoms with Crippen molar-refractivity contribution >= 4 is 17.1 Å². The van der Waals surface area contributed by atoms with Crippen LogP contribution >= 0.6 is 0 Å². The Morgan fingerprint density at radius 2 is 2.44 bits per heavy atom. The van der Waals surface area contributed by atoms with Gasteiger partial charge in [-0.1, -0.05) is 0 Å². The average Bonchev–Trinajstić information content (AvgIpc) is 2.62. The molecule has 2 heterocycles. The number of aromatic nitrogens is 4. The summed E-state index contributed by atoms with van der Waals surface area (Å²) in [6.45, 7) is 0.332. The SMILES string of the molecule is Nc1nc2c(ncn2OCCCO)c(=O)[nH]1. The van der Waals surface area contributed by atoms with Gasteiger partial charge < -0.3 is 15.7 Å². The summed E-state index contributed by atoms with van der Waals surface area (Å²) in [5.41, 5.74) is 5.42. The van der Waals surface area contributed by atoms with E-state index >= 15 is 0 Å². The van der Waals surface area contributed by atoms with Gasteiger partial charge in [-0.15, -0.1) is 0 Å². The highest BCUT2D eigenvalue weighted by molar-refractivity contribution is 5.69. The summed E-state index contributed by atoms with van der Waals surface area (Å²) in [5.74, 6) is 0.00464. The van der Waals surface area contributed by atoms with Crippen molar-refractivity contribution in [2.75, 3.05) is 18.9 Å². The first-order valence-corrected chi connectivity index (χ1v) is 4.69. The summed E-state index contributed by atoms with van der Waals surface area (Å²) in [4.78, 5) is 26.7. The number of nitrogens with one attached hydrogen (secondary N) is 1. The second-order valence-corrected chi connectivity index (χ2v) is 3.10. The third-order valence-electron chi connectivity index (χ3n) is 1.93. The maximum Gasteiger partial charge on any atom is 0.280 e. The monoisotopic (exact) mass is 225 g/mol. The smallest absolute Gasteiger partial charge is 0.280 e. The number of aliphatic hydroxyl groups excluding tert-OH is 1. The van der Waals surface area contributed by atoms with Crippen LogP contribution < -0.4 is 16.1 Å². The van der Waals surface area contributed by atoms with Crippen molar-refractivity contribution in [2.24, 2.45) is 0 Å². The van der Waals surface area contributed by atoms with Gasteiger partial charge >= 0.3 is 0 Å². The average molecular weight is 225 g/mol. The van der Waals surface area contributed by atoms with E-state index < -0.39 is 5.56 Å². The van der Waals surface area contributed by atoms with Gasteiger partial charge in [0, 0.05) is 13.0 Å². The number of nitrogens with zero attached hydrogens (tertiary/aromatic N) is 3. The van der Waals surface area contributed by atoms with E-state index in [0.29, 0.717) is 13.0 Å². The number of hydrogen-bond acceptors (Lipinski definition) is 6. The van der Waals surface area contributed by atoms with E-state index in [1.807, 2.05) is 0 Å². The molecule has 0 aromatic carbocycles. The molecule has 0 aliphatic heterocycles. The fraction of sp³-hybridized carbons (Fsp3) is 0.375. The molecule has 2 rings (SSSR count). The predicted molar refractivity (Wildman–Crippen MR) is 55.7 cm³/mol. The Morgan fingerprint density at radius 1 is 1.62 bits per heavy atom. The molecule has 0 saturated heterocycles. The van der Waals surface area contributed by atoms with Crippen molar-refractivity contribution in [3.63, 3.8) is 0 Å². The highest BCUT2D eigenvalue weighted by Crippen LogP contribution is 2.04. The number of nitrogen functional groups attached to an aromatic ring is 1. The van der Waals surface area contributed by atoms with Gasteiger partial charge in [0.1, 0.15) is 12.9 Å². The van der Waals surface area contributed by atoms with Crippen molar-refractivity contribution in [3.8, 4) is 0 Å². The second-order valence-electron chi connectivity index (χ2n) is 3.10. The highest BCUT2D eigenvalue weighted by Gasteiger charge is 2.09. The Balaban J connectivity index is 2.36. The van der Waals surface area contributed by atoms with E-state index in [4.69, 9.17) is 15.7 Å². The van der Waals surface area contributed by atoms with Gasteiger partial charge in [0.2, 0.25) is 11.6 Å². The first-order chi connectivity index (χ1) is 7.72. The van der Waals surface area contributed by atoms with Gasteiger partial charge in [-0.3, -0.25) is 9.78 Å². The molecule has 0 saturated carbocycles. The Bertz CT molecular complexity index is 546. The lowest BCUT2D eigenvalue weighted by atomic mass is 10.5. The Kier molecular flexibility index (Phi) is 2.73. The lowest BCUT2D eigenvalue weighted by Crippen LogP contribution is -2.16. The van der Waals surface area contributed by atoms with Crippen LogP contribution in [0.5, 0.6) is 0 Å². The Hall–Kier alpha value is -2.09. The third-order valence-corrected chi connectivity index (χ3v) is 1.93. The molecule has 0 amide bonds. The molecule has 0 atom stereocenters. The number of anilines is 1. The minimum atomic E-state index is -0.410. The lowest BCUT2D eigenvalue weighted by molar-refractivity contribution is 0.102. The highest BCUT2D eigenvalue weighted by atomic mass is 16.7. The summed E-state index contributed by atoms with van der Waals surface area (Å²) >= 11 is 0. The van der Waals surface area contributed by atoms with Gasteiger partial charge in [-0.05, 0) is 0 Å². The minimum absolute atomic E-state index is 0.00464. The quantitative estimate of drug-likeness (QED) is 0.545. The molecule has 0 unspecified atom stereocenters. The Labute approximate surface area is 89.6 Å². The normalized spacial score (nSPS) is 10.8. The molecule has 2 aromatic heterocycles. The molecule has 0 aliphatic rings. The number of aliphatic hydroxyl groups is 1. The van der Waals surface area contributed by atoms with Crippen molar-refractivity contribution in [1.82, 2.24) is 19.7 Å². The zero-order valence-corrected chi connectivity index (χ0v) is 8.38. The second kappa shape index (κ2) is 4.19. The van der Waals surface area contributed by atoms with Gasteiger partial charge in [0.25, 0.3) is 5.56 Å². The molecule has 0 spiro atoms. The van der Waals surface area contributed by atoms with Crippen LogP contribution in [-0.2, 0) is 0 Å². The molecule has 0 bridgehead atoms. The van der Waals surface area contributed by atoms with Crippen LogP contribution in [0.4, 0.5) is 5.95 Å². The molecular weight excluding hydrogens is 214 g/mol. The fourth-order valence-corrected chi connectivity index (χ4v) is 1.23. The van der Waals surface area contributed by atoms with E-state index in [1.54, 1.807) is 0 Å². The summed E-state index contributed by atoms with van der Waals surface area (Å²) in [5, 5.41) is 8.60. The maximum atomic E-state index is 11.4. The minimum Gasteiger partial charge on any atom is -0.411 e. The van der Waals surface area contributed by atoms with E-state index in [9.17, 15) is 4.79 Å². The van der Waals surface area contributed by atoms with Gasteiger partial charge in [0.15, 0.2) is 5.52 Å². The molecule has 16 heavy (non-hydrogen) atoms. The summed E-state index contributed by atoms with van der Waals surface area (Å²) in [6.07, 6.45) is 1.82. The van der Waals surface area contributed by atoms with Gasteiger partial charge in [-0.2, -0.15) is 9.71 Å². The van der Waals surface area contributed by atoms with Crippen LogP contribution in [0.2, 0.25) is 0 Å². The molecule has 0 radical (unpaired) electrons. The predicted octanol–water partition coefficient (Wildman–Crippen LogP) is -1.49. The number of imidazole rings is 1. The van der Waals surface area contributed by atoms with Crippen LogP contribution in [0.15, 0.2) is 11.1 Å². The largest absolute Gasteiger partial charge is 0.411 e. The number of nitrogens with two attached hydrogens (primary N) is 1. The van der Waals surface area contributed by atoms with Crippen LogP contribution in [0.3, 0.4) is 0 Å². The van der Waals surface area contributed by atoms with Crippen LogP contribution in [0.25, 0.3) is 11.2 Å². The maximum absolute atomic E-state index is 11.4. The molecule has 2 aromatic rings. The first kappa shape index (κ1) is 10.4. The third kappa shape index (κ3) is 1.82. The summed E-state index contributed by atoms with van der Waals surface area (Å²) < 4.78 is 1.26. The molecule has 86 valence electrons. The number of rotatable bonds is 4. The topological polar surface area (TPSA) is 119 Å². The molecule has 4 N–H and O–H groups in total. The number of H-pyrrole nitrogens is 1. The van der Waals surface area contributed by atoms with Crippen LogP contribution in [0, 0.1) is 0 Å². The van der Waals surface area contributed by atoms with Crippen LogP contribution in [0.1, 0.15) is 6.42 Å². The fourth-order valence-electron chi connectivity index (χ4n) is 1.23. The van der Waals surface area contributed by atoms with Gasteiger partial charge in [-0.25, -0.2) is 4.98 Å². The molecule has 0 fully saturated rings. The van der Waals surface area contributed by atoms with E-state index in [1.165, 1.54) is 11.1 Å². The molecular formula is C8H11N5O3. The molecule has 8 nitrogen and oxygen atoms in total. The number of hydrogen-bond donors (Lipinski definition) is 3. The number of fused-ring (bicyclic) bond motifs is 1. The van der Waals surface area contributed by atoms with Crippen molar-refractivity contribution < 1.29 is 9.94 Å². The zero-order valence-electron chi connectivity index (χ0n) is 8.38. The summed E-state index contributed by atoms with van der Waals surface area (Å²) in [6, 6.07) is 0. The van der Waals surface area contributed by atoms with Crippen molar-refractivity contribution in [3.05, 3.63) is 16.7 Å². The lowest BCUT2D eigenvalue weighted by Gasteiger charge is -2.04. The number of aromatic amines is 1. The van der Waals surface area contributed by atoms with Crippen molar-refractivity contribution in [1.29, 1.82) is 0 Å². The molecule has 8 heteroatoms. The van der Waals surface area contributed by atoms with Crippen molar-refractivity contribution in [2.45, 2.75) is 6.42 Å². The standard InChI is InChI=1S/C8H11N5O3/c9-8-11-6-5(7(15)12-8)10-4-13(6)16-3-1-2-14/h4,14H,1-3H2,(H3,9,11,12,15). The zero-order chi connectivity index (χ0) is 11.5. The first-order valence-electron chi connectivity index (χ1n) is 4.69. The van der Waals surface area contributed by atoms with E-state index in [-0.39, 0.29) is 23.7 Å².